The summed E-state index contributed by atoms with van der Waals surface area (Å²) in [4.78, 5) is 0. The summed E-state index contributed by atoms with van der Waals surface area (Å²) in [6.45, 7) is 0. The molecule has 0 spiro atoms. The minimum absolute atomic E-state index is 0.580. The fourth-order valence-corrected chi connectivity index (χ4v) is 1.43. The first-order valence-electron chi connectivity index (χ1n) is 4.13. The van der Waals surface area contributed by atoms with Crippen molar-refractivity contribution in [2.45, 2.75) is 6.32 Å². The Labute approximate surface area is 84.2 Å². The molecule has 0 saturated carbocycles. The molecule has 0 aliphatic carbocycles. The van der Waals surface area contributed by atoms with Crippen LogP contribution in [0.25, 0.3) is 0 Å². The Morgan fingerprint density at radius 1 is 1.23 bits per heavy atom. The minimum Gasteiger partial charge on any atom is -0.496 e. The van der Waals surface area contributed by atoms with Gasteiger partial charge in [0.05, 0.1) is 19.2 Å². The van der Waals surface area contributed by atoms with Crippen LogP contribution in [0.5, 0.6) is 11.5 Å². The number of hydrogen-bond donors (Lipinski definition) is 0. The Bertz CT molecular complexity index is 302. The molecule has 0 saturated heterocycles. The van der Waals surface area contributed by atoms with Gasteiger partial charge in [-0.1, -0.05) is 17.9 Å². The van der Waals surface area contributed by atoms with Crippen molar-refractivity contribution in [2.24, 2.45) is 0 Å². The normalized spacial score (nSPS) is 9.77. The first-order chi connectivity index (χ1) is 6.22. The summed E-state index contributed by atoms with van der Waals surface area (Å²) < 4.78 is 10.3. The zero-order valence-electron chi connectivity index (χ0n) is 8.06. The van der Waals surface area contributed by atoms with Gasteiger partial charge in [0.15, 0.2) is 0 Å². The molecule has 0 unspecified atom stereocenters. The van der Waals surface area contributed by atoms with Crippen LogP contribution in [0, 0.1) is 0 Å². The van der Waals surface area contributed by atoms with E-state index in [0.717, 1.165) is 17.6 Å². The number of hydrogen-bond acceptors (Lipinski definition) is 2. The smallest absolute Gasteiger partial charge is 0.137 e. The average Bonchev–Trinajstić information content (AvgIpc) is 2.17. The fraction of sp³-hybridized carbons (Fsp3) is 0.333. The van der Waals surface area contributed by atoms with E-state index in [4.69, 9.17) is 21.1 Å². The summed E-state index contributed by atoms with van der Waals surface area (Å²) in [6.07, 6.45) is 0.900. The van der Waals surface area contributed by atoms with E-state index >= 15 is 0 Å². The van der Waals surface area contributed by atoms with Gasteiger partial charge in [-0.3, -0.25) is 0 Å². The molecule has 0 aromatic heterocycles. The molecular formula is C9H12BClO2. The molecule has 0 heterocycles. The molecule has 1 rings (SSSR count). The first-order valence-corrected chi connectivity index (χ1v) is 4.51. The Morgan fingerprint density at radius 2 is 1.85 bits per heavy atom. The molecule has 0 radical (unpaired) electrons. The lowest BCUT2D eigenvalue weighted by atomic mass is 9.96. The van der Waals surface area contributed by atoms with Gasteiger partial charge in [0.2, 0.25) is 0 Å². The van der Waals surface area contributed by atoms with Gasteiger partial charge in [0.25, 0.3) is 0 Å². The number of ether oxygens (including phenoxy) is 2. The third kappa shape index (κ3) is 2.10. The number of halogens is 1. The molecule has 0 atom stereocenters. The van der Waals surface area contributed by atoms with Crippen LogP contribution < -0.4 is 9.47 Å². The second kappa shape index (κ2) is 4.42. The third-order valence-corrected chi connectivity index (χ3v) is 2.23. The molecule has 0 aliphatic rings. The Morgan fingerprint density at radius 3 is 2.31 bits per heavy atom. The number of benzene rings is 1. The average molecular weight is 198 g/mol. The van der Waals surface area contributed by atoms with E-state index < -0.39 is 0 Å². The highest BCUT2D eigenvalue weighted by Gasteiger charge is 2.07. The zero-order chi connectivity index (χ0) is 9.84. The summed E-state index contributed by atoms with van der Waals surface area (Å²) in [5, 5.41) is 0.580. The second-order valence-electron chi connectivity index (χ2n) is 2.65. The van der Waals surface area contributed by atoms with Crippen molar-refractivity contribution in [1.82, 2.24) is 0 Å². The maximum absolute atomic E-state index is 5.93. The van der Waals surface area contributed by atoms with Crippen molar-refractivity contribution >= 4 is 19.4 Å². The van der Waals surface area contributed by atoms with Crippen molar-refractivity contribution in [3.8, 4) is 11.5 Å². The molecule has 70 valence electrons. The van der Waals surface area contributed by atoms with Crippen molar-refractivity contribution in [1.29, 1.82) is 0 Å². The largest absolute Gasteiger partial charge is 0.496 e. The highest BCUT2D eigenvalue weighted by molar-refractivity contribution is 6.32. The molecule has 0 N–H and O–H groups in total. The van der Waals surface area contributed by atoms with E-state index in [1.54, 1.807) is 20.3 Å². The fourth-order valence-electron chi connectivity index (χ4n) is 1.20. The van der Waals surface area contributed by atoms with E-state index in [0.29, 0.717) is 10.8 Å². The van der Waals surface area contributed by atoms with Crippen LogP contribution in [0.15, 0.2) is 12.1 Å². The van der Waals surface area contributed by atoms with E-state index in [1.807, 2.05) is 6.07 Å². The molecule has 13 heavy (non-hydrogen) atoms. The van der Waals surface area contributed by atoms with Crippen molar-refractivity contribution in [3.05, 3.63) is 22.7 Å². The van der Waals surface area contributed by atoms with E-state index in [2.05, 4.69) is 7.85 Å². The van der Waals surface area contributed by atoms with Gasteiger partial charge in [-0.2, -0.15) is 0 Å². The highest BCUT2D eigenvalue weighted by atomic mass is 35.5. The summed E-state index contributed by atoms with van der Waals surface area (Å²) in [7, 11) is 5.30. The Kier molecular flexibility index (Phi) is 3.49. The molecule has 0 fully saturated rings. The van der Waals surface area contributed by atoms with Gasteiger partial charge in [0, 0.05) is 6.07 Å². The van der Waals surface area contributed by atoms with Gasteiger partial charge < -0.3 is 9.47 Å². The van der Waals surface area contributed by atoms with Crippen molar-refractivity contribution < 1.29 is 9.47 Å². The van der Waals surface area contributed by atoms with Crippen LogP contribution in [0.2, 0.25) is 5.02 Å². The summed E-state index contributed by atoms with van der Waals surface area (Å²) in [5.74, 6) is 1.51. The Hall–Kier alpha value is -0.825. The monoisotopic (exact) mass is 198 g/mol. The zero-order valence-corrected chi connectivity index (χ0v) is 8.81. The Balaban J connectivity index is 3.18. The van der Waals surface area contributed by atoms with Gasteiger partial charge >= 0.3 is 0 Å². The number of methoxy groups -OCH3 is 2. The minimum atomic E-state index is 0.580. The summed E-state index contributed by atoms with van der Waals surface area (Å²) >= 11 is 5.93. The van der Waals surface area contributed by atoms with Gasteiger partial charge in [0.1, 0.15) is 19.3 Å². The molecule has 4 heteroatoms. The van der Waals surface area contributed by atoms with Crippen LogP contribution in [-0.2, 0) is 6.32 Å². The van der Waals surface area contributed by atoms with Crippen LogP contribution in [0.1, 0.15) is 5.56 Å². The predicted molar refractivity (Wildman–Crippen MR) is 56.8 cm³/mol. The highest BCUT2D eigenvalue weighted by Crippen LogP contribution is 2.32. The second-order valence-corrected chi connectivity index (χ2v) is 3.06. The van der Waals surface area contributed by atoms with E-state index in [9.17, 15) is 0 Å². The lowest BCUT2D eigenvalue weighted by Gasteiger charge is -2.10. The lowest BCUT2D eigenvalue weighted by Crippen LogP contribution is -1.94. The van der Waals surface area contributed by atoms with Gasteiger partial charge in [-0.25, -0.2) is 0 Å². The molecule has 1 aromatic carbocycles. The van der Waals surface area contributed by atoms with E-state index in [-0.39, 0.29) is 0 Å². The molecule has 0 aliphatic heterocycles. The van der Waals surface area contributed by atoms with Crippen molar-refractivity contribution in [2.75, 3.05) is 14.2 Å². The maximum atomic E-state index is 5.93. The topological polar surface area (TPSA) is 18.5 Å². The first kappa shape index (κ1) is 10.3. The van der Waals surface area contributed by atoms with Crippen molar-refractivity contribution in [3.63, 3.8) is 0 Å². The standard InChI is InChI=1S/C9H12BClO2/c1-12-8-4-7(11)9(13-2)3-6(8)5-10/h3-4H,5,10H2,1-2H3. The van der Waals surface area contributed by atoms with Crippen LogP contribution >= 0.6 is 11.6 Å². The molecule has 0 bridgehead atoms. The van der Waals surface area contributed by atoms with Crippen LogP contribution in [-0.4, -0.2) is 22.1 Å². The summed E-state index contributed by atoms with van der Waals surface area (Å²) in [6, 6.07) is 3.68. The molecule has 2 nitrogen and oxygen atoms in total. The van der Waals surface area contributed by atoms with Crippen LogP contribution in [0.4, 0.5) is 0 Å². The van der Waals surface area contributed by atoms with Gasteiger partial charge in [-0.15, -0.1) is 0 Å². The third-order valence-electron chi connectivity index (χ3n) is 1.94. The van der Waals surface area contributed by atoms with Crippen LogP contribution in [0.3, 0.4) is 0 Å². The molecular weight excluding hydrogens is 186 g/mol. The molecule has 0 amide bonds. The quantitative estimate of drug-likeness (QED) is 0.685. The van der Waals surface area contributed by atoms with Gasteiger partial charge in [-0.05, 0) is 11.6 Å². The molecule has 1 aromatic rings. The predicted octanol–water partition coefficient (Wildman–Crippen LogP) is 1.49. The SMILES string of the molecule is BCc1cc(OC)c(Cl)cc1OC. The lowest BCUT2D eigenvalue weighted by molar-refractivity contribution is 0.400. The maximum Gasteiger partial charge on any atom is 0.137 e. The van der Waals surface area contributed by atoms with E-state index in [1.165, 1.54) is 0 Å². The number of rotatable bonds is 3. The summed E-state index contributed by atoms with van der Waals surface area (Å²) in [5.41, 5.74) is 1.10.